The Balaban J connectivity index is 0.000000357. The Morgan fingerprint density at radius 1 is 0.968 bits per heavy atom. The van der Waals surface area contributed by atoms with Gasteiger partial charge in [-0.2, -0.15) is 31.6 Å². The molecular weight excluding hydrogens is 419 g/mol. The first-order valence-electron chi connectivity index (χ1n) is 8.66. The first kappa shape index (κ1) is 23.8. The van der Waals surface area contributed by atoms with E-state index in [9.17, 15) is 26.3 Å². The highest BCUT2D eigenvalue weighted by molar-refractivity contribution is 6.21. The van der Waals surface area contributed by atoms with Crippen molar-refractivity contribution >= 4 is 13.4 Å². The summed E-state index contributed by atoms with van der Waals surface area (Å²) in [4.78, 5) is 3.75. The third-order valence-electron chi connectivity index (χ3n) is 3.98. The molecule has 31 heavy (non-hydrogen) atoms. The van der Waals surface area contributed by atoms with Gasteiger partial charge in [-0.3, -0.25) is 0 Å². The highest BCUT2D eigenvalue weighted by Gasteiger charge is 2.32. The second-order valence-corrected chi connectivity index (χ2v) is 6.13. The van der Waals surface area contributed by atoms with Crippen LogP contribution in [0.3, 0.4) is 0 Å². The summed E-state index contributed by atoms with van der Waals surface area (Å²) >= 11 is 0. The summed E-state index contributed by atoms with van der Waals surface area (Å²) < 4.78 is 78.3. The molecule has 2 aromatic carbocycles. The smallest absolute Gasteiger partial charge is 0.324 e. The van der Waals surface area contributed by atoms with Gasteiger partial charge < -0.3 is 4.57 Å². The van der Waals surface area contributed by atoms with Gasteiger partial charge in [0, 0.05) is 12.4 Å². The van der Waals surface area contributed by atoms with E-state index in [1.807, 2.05) is 6.07 Å². The summed E-state index contributed by atoms with van der Waals surface area (Å²) in [5, 5.41) is 8.14. The molecule has 1 heterocycles. The quantitative estimate of drug-likeness (QED) is 0.394. The van der Waals surface area contributed by atoms with Crippen LogP contribution in [0.15, 0.2) is 73.2 Å². The lowest BCUT2D eigenvalue weighted by Crippen LogP contribution is -2.06. The van der Waals surface area contributed by atoms with Crippen molar-refractivity contribution < 1.29 is 26.3 Å². The Bertz CT molecular complexity index is 1000. The SMILES string of the molecule is N#CCn1ccnc1.[B]C=C(c1cccc(C(F)(F)F)c1)c1cccc(C(F)(F)F)c1. The Morgan fingerprint density at radius 2 is 1.48 bits per heavy atom. The predicted octanol–water partition coefficient (Wildman–Crippen LogP) is 5.69. The van der Waals surface area contributed by atoms with Gasteiger partial charge in [0.25, 0.3) is 0 Å². The molecule has 2 radical (unpaired) electrons. The maximum Gasteiger partial charge on any atom is 0.416 e. The van der Waals surface area contributed by atoms with Gasteiger partial charge in [0.2, 0.25) is 0 Å². The van der Waals surface area contributed by atoms with Crippen LogP contribution in [-0.4, -0.2) is 17.4 Å². The molecule has 3 rings (SSSR count). The molecule has 0 aliphatic carbocycles. The number of nitrogens with zero attached hydrogens (tertiary/aromatic N) is 3. The van der Waals surface area contributed by atoms with Gasteiger partial charge in [0.15, 0.2) is 0 Å². The van der Waals surface area contributed by atoms with Crippen LogP contribution >= 0.6 is 0 Å². The Morgan fingerprint density at radius 3 is 1.84 bits per heavy atom. The van der Waals surface area contributed by atoms with E-state index in [-0.39, 0.29) is 16.7 Å². The Kier molecular flexibility index (Phi) is 7.69. The molecule has 0 unspecified atom stereocenters. The van der Waals surface area contributed by atoms with Crippen LogP contribution in [0.25, 0.3) is 5.57 Å². The van der Waals surface area contributed by atoms with Gasteiger partial charge in [-0.1, -0.05) is 24.3 Å². The van der Waals surface area contributed by atoms with Crippen molar-refractivity contribution in [2.24, 2.45) is 0 Å². The van der Waals surface area contributed by atoms with Crippen LogP contribution in [0.2, 0.25) is 0 Å². The van der Waals surface area contributed by atoms with E-state index >= 15 is 0 Å². The maximum atomic E-state index is 12.8. The van der Waals surface area contributed by atoms with Crippen LogP contribution in [0.1, 0.15) is 22.3 Å². The van der Waals surface area contributed by atoms with Crippen LogP contribution < -0.4 is 0 Å². The summed E-state index contributed by atoms with van der Waals surface area (Å²) in [5.41, 5.74) is -1.55. The number of nitriles is 1. The van der Waals surface area contributed by atoms with Crippen LogP contribution in [-0.2, 0) is 18.9 Å². The molecular formula is C21H14BF6N3. The highest BCUT2D eigenvalue weighted by atomic mass is 19.4. The molecule has 0 aliphatic rings. The first-order valence-corrected chi connectivity index (χ1v) is 8.66. The first-order chi connectivity index (χ1) is 14.6. The molecule has 3 aromatic rings. The fourth-order valence-electron chi connectivity index (χ4n) is 2.55. The van der Waals surface area contributed by atoms with E-state index in [4.69, 9.17) is 13.1 Å². The van der Waals surface area contributed by atoms with Crippen molar-refractivity contribution in [3.8, 4) is 6.07 Å². The topological polar surface area (TPSA) is 41.6 Å². The zero-order chi connectivity index (χ0) is 23.1. The van der Waals surface area contributed by atoms with Gasteiger partial charge in [-0.15, -0.1) is 5.98 Å². The van der Waals surface area contributed by atoms with Gasteiger partial charge in [-0.05, 0) is 41.0 Å². The van der Waals surface area contributed by atoms with E-state index in [1.54, 1.807) is 23.3 Å². The number of benzene rings is 2. The van der Waals surface area contributed by atoms with E-state index in [2.05, 4.69) is 4.98 Å². The lowest BCUT2D eigenvalue weighted by atomic mass is 9.90. The minimum Gasteiger partial charge on any atom is -0.324 e. The largest absolute Gasteiger partial charge is 0.416 e. The molecule has 0 N–H and O–H groups in total. The molecule has 0 fully saturated rings. The van der Waals surface area contributed by atoms with Gasteiger partial charge >= 0.3 is 12.4 Å². The van der Waals surface area contributed by atoms with Crippen molar-refractivity contribution in [2.75, 3.05) is 0 Å². The number of aromatic nitrogens is 2. The number of rotatable bonds is 3. The summed E-state index contributed by atoms with van der Waals surface area (Å²) in [7, 11) is 5.43. The molecule has 0 atom stereocenters. The molecule has 0 saturated heterocycles. The van der Waals surface area contributed by atoms with E-state index < -0.39 is 23.5 Å². The van der Waals surface area contributed by atoms with E-state index in [0.717, 1.165) is 30.2 Å². The minimum absolute atomic E-state index is 0.0849. The minimum atomic E-state index is -4.55. The van der Waals surface area contributed by atoms with Crippen molar-refractivity contribution in [1.29, 1.82) is 5.26 Å². The Labute approximate surface area is 175 Å². The van der Waals surface area contributed by atoms with Gasteiger partial charge in [-0.25, -0.2) is 4.98 Å². The van der Waals surface area contributed by atoms with Crippen LogP contribution in [0.4, 0.5) is 26.3 Å². The third-order valence-corrected chi connectivity index (χ3v) is 3.98. The van der Waals surface area contributed by atoms with Crippen molar-refractivity contribution in [3.05, 3.63) is 95.5 Å². The molecule has 3 nitrogen and oxygen atoms in total. The van der Waals surface area contributed by atoms with Crippen molar-refractivity contribution in [3.63, 3.8) is 0 Å². The Hall–Kier alpha value is -3.48. The molecule has 10 heteroatoms. The number of halogens is 6. The van der Waals surface area contributed by atoms with Crippen LogP contribution in [0.5, 0.6) is 0 Å². The molecule has 0 amide bonds. The molecule has 0 bridgehead atoms. The lowest BCUT2D eigenvalue weighted by molar-refractivity contribution is -0.138. The summed E-state index contributed by atoms with van der Waals surface area (Å²) in [6, 6.07) is 10.5. The standard InChI is InChI=1S/C16H9BF6.C5H5N3/c17-9-14(10-3-1-5-12(7-10)15(18,19)20)11-4-2-6-13(8-11)16(21,22)23;6-1-3-8-4-2-7-5-8/h1-9H;2,4-5H,3H2. The fraction of sp³-hybridized carbons (Fsp3) is 0.143. The average molecular weight is 433 g/mol. The summed E-state index contributed by atoms with van der Waals surface area (Å²) in [6.07, 6.45) is -4.09. The molecule has 0 spiro atoms. The molecule has 1 aromatic heterocycles. The lowest BCUT2D eigenvalue weighted by Gasteiger charge is -2.14. The third kappa shape index (κ3) is 6.78. The second kappa shape index (κ2) is 10.0. The zero-order valence-corrected chi connectivity index (χ0v) is 15.8. The number of hydrogen-bond acceptors (Lipinski definition) is 2. The zero-order valence-electron chi connectivity index (χ0n) is 15.8. The van der Waals surface area contributed by atoms with Crippen molar-refractivity contribution in [2.45, 2.75) is 18.9 Å². The number of imidazole rings is 1. The van der Waals surface area contributed by atoms with Crippen LogP contribution in [0, 0.1) is 11.3 Å². The molecule has 0 aliphatic heterocycles. The fourth-order valence-corrected chi connectivity index (χ4v) is 2.55. The summed E-state index contributed by atoms with van der Waals surface area (Å²) in [5.74, 6) is 0.991. The highest BCUT2D eigenvalue weighted by Crippen LogP contribution is 2.34. The second-order valence-electron chi connectivity index (χ2n) is 6.13. The molecule has 158 valence electrons. The van der Waals surface area contributed by atoms with E-state index in [0.29, 0.717) is 6.54 Å². The van der Waals surface area contributed by atoms with Crippen molar-refractivity contribution in [1.82, 2.24) is 9.55 Å². The summed E-state index contributed by atoms with van der Waals surface area (Å²) in [6.45, 7) is 0.389. The normalized spacial score (nSPS) is 11.1. The molecule has 0 saturated carbocycles. The number of hydrogen-bond donors (Lipinski definition) is 0. The van der Waals surface area contributed by atoms with Gasteiger partial charge in [0.1, 0.15) is 14.4 Å². The average Bonchev–Trinajstić information content (AvgIpc) is 3.22. The monoisotopic (exact) mass is 433 g/mol. The predicted molar refractivity (Wildman–Crippen MR) is 104 cm³/mol. The number of alkyl halides is 6. The van der Waals surface area contributed by atoms with Gasteiger partial charge in [0.05, 0.1) is 23.5 Å². The maximum absolute atomic E-state index is 12.8. The van der Waals surface area contributed by atoms with E-state index in [1.165, 1.54) is 24.3 Å².